The number of halogens is 1. The number of hydrogen-bond donors (Lipinski definition) is 1. The van der Waals surface area contributed by atoms with Crippen LogP contribution in [0.1, 0.15) is 41.9 Å². The van der Waals surface area contributed by atoms with Gasteiger partial charge >= 0.3 is 0 Å². The molecule has 0 aliphatic carbocycles. The van der Waals surface area contributed by atoms with Gasteiger partial charge in [0.25, 0.3) is 0 Å². The molecular formula is C15H17ClOS. The Balaban J connectivity index is 2.08. The van der Waals surface area contributed by atoms with Crippen LogP contribution in [0, 0.1) is 0 Å². The van der Waals surface area contributed by atoms with Gasteiger partial charge in [0.05, 0.1) is 16.0 Å². The highest BCUT2D eigenvalue weighted by Crippen LogP contribution is 2.30. The molecule has 1 aromatic heterocycles. The lowest BCUT2D eigenvalue weighted by molar-refractivity contribution is 0.182. The van der Waals surface area contributed by atoms with Crippen molar-refractivity contribution >= 4 is 22.9 Å². The average Bonchev–Trinajstić information content (AvgIpc) is 2.76. The van der Waals surface area contributed by atoms with Gasteiger partial charge in [-0.25, -0.2) is 0 Å². The van der Waals surface area contributed by atoms with Gasteiger partial charge in [-0.05, 0) is 28.5 Å². The molecule has 0 fully saturated rings. The molecule has 1 aromatic carbocycles. The lowest BCUT2D eigenvalue weighted by Crippen LogP contribution is -2.00. The Morgan fingerprint density at radius 3 is 2.33 bits per heavy atom. The van der Waals surface area contributed by atoms with Gasteiger partial charge in [-0.1, -0.05) is 49.7 Å². The first-order chi connectivity index (χ1) is 8.58. The van der Waals surface area contributed by atoms with E-state index in [1.54, 1.807) is 0 Å². The van der Waals surface area contributed by atoms with E-state index in [1.165, 1.54) is 16.9 Å². The highest BCUT2D eigenvalue weighted by molar-refractivity contribution is 7.10. The molecule has 0 aliphatic heterocycles. The van der Waals surface area contributed by atoms with Gasteiger partial charge in [0.1, 0.15) is 0 Å². The Morgan fingerprint density at radius 1 is 1.17 bits per heavy atom. The van der Waals surface area contributed by atoms with E-state index < -0.39 is 6.10 Å². The van der Waals surface area contributed by atoms with Crippen molar-refractivity contribution in [3.05, 3.63) is 56.7 Å². The Bertz CT molecular complexity index is 501. The van der Waals surface area contributed by atoms with Gasteiger partial charge < -0.3 is 5.11 Å². The second-order valence-corrected chi connectivity index (χ2v) is 6.10. The van der Waals surface area contributed by atoms with Crippen molar-refractivity contribution in [2.45, 2.75) is 32.3 Å². The molecule has 3 heteroatoms. The standard InChI is InChI=1S/C15H17ClOS/c1-10(2)12-5-3-11(4-6-12)9-14(17)15-13(16)7-8-18-15/h3-8,10,14,17H,9H2,1-2H3. The molecule has 0 bridgehead atoms. The number of aliphatic hydroxyl groups excluding tert-OH is 1. The van der Waals surface area contributed by atoms with Crippen molar-refractivity contribution in [3.8, 4) is 0 Å². The van der Waals surface area contributed by atoms with Crippen LogP contribution in [-0.2, 0) is 6.42 Å². The minimum Gasteiger partial charge on any atom is -0.387 e. The number of rotatable bonds is 4. The SMILES string of the molecule is CC(C)c1ccc(CC(O)c2sccc2Cl)cc1. The minimum absolute atomic E-state index is 0.512. The van der Waals surface area contributed by atoms with Gasteiger partial charge in [0, 0.05) is 6.42 Å². The van der Waals surface area contributed by atoms with Gasteiger partial charge in [0.15, 0.2) is 0 Å². The fraction of sp³-hybridized carbons (Fsp3) is 0.333. The maximum Gasteiger partial charge on any atom is 0.0937 e. The first-order valence-electron chi connectivity index (χ1n) is 6.07. The van der Waals surface area contributed by atoms with Gasteiger partial charge in [-0.3, -0.25) is 0 Å². The van der Waals surface area contributed by atoms with Crippen LogP contribution < -0.4 is 0 Å². The van der Waals surface area contributed by atoms with E-state index >= 15 is 0 Å². The lowest BCUT2D eigenvalue weighted by Gasteiger charge is -2.11. The Hall–Kier alpha value is -0.830. The maximum absolute atomic E-state index is 10.1. The third-order valence-corrected chi connectivity index (χ3v) is 4.48. The van der Waals surface area contributed by atoms with E-state index in [1.807, 2.05) is 11.4 Å². The van der Waals surface area contributed by atoms with Crippen molar-refractivity contribution in [2.75, 3.05) is 0 Å². The number of hydrogen-bond acceptors (Lipinski definition) is 2. The predicted molar refractivity (Wildman–Crippen MR) is 78.5 cm³/mol. The van der Waals surface area contributed by atoms with Crippen LogP contribution in [0.4, 0.5) is 0 Å². The molecule has 0 saturated carbocycles. The van der Waals surface area contributed by atoms with Crippen LogP contribution in [0.3, 0.4) is 0 Å². The predicted octanol–water partition coefficient (Wildman–Crippen LogP) is 4.80. The monoisotopic (exact) mass is 280 g/mol. The third kappa shape index (κ3) is 3.14. The van der Waals surface area contributed by atoms with E-state index in [9.17, 15) is 5.11 Å². The molecule has 0 saturated heterocycles. The molecule has 1 N–H and O–H groups in total. The smallest absolute Gasteiger partial charge is 0.0937 e. The zero-order valence-electron chi connectivity index (χ0n) is 10.6. The summed E-state index contributed by atoms with van der Waals surface area (Å²) in [5.41, 5.74) is 2.46. The summed E-state index contributed by atoms with van der Waals surface area (Å²) in [6.45, 7) is 4.35. The van der Waals surface area contributed by atoms with Gasteiger partial charge in [-0.2, -0.15) is 0 Å². The van der Waals surface area contributed by atoms with Crippen LogP contribution in [0.25, 0.3) is 0 Å². The summed E-state index contributed by atoms with van der Waals surface area (Å²) in [4.78, 5) is 0.851. The van der Waals surface area contributed by atoms with Crippen LogP contribution in [-0.4, -0.2) is 5.11 Å². The summed E-state index contributed by atoms with van der Waals surface area (Å²) in [6, 6.07) is 10.2. The molecule has 96 valence electrons. The van der Waals surface area contributed by atoms with Crippen molar-refractivity contribution in [3.63, 3.8) is 0 Å². The van der Waals surface area contributed by atoms with Gasteiger partial charge in [-0.15, -0.1) is 11.3 Å². The molecule has 1 heterocycles. The maximum atomic E-state index is 10.1. The summed E-state index contributed by atoms with van der Waals surface area (Å²) >= 11 is 7.52. The number of thiophene rings is 1. The second kappa shape index (κ2) is 5.87. The van der Waals surface area contributed by atoms with E-state index in [-0.39, 0.29) is 0 Å². The largest absolute Gasteiger partial charge is 0.387 e. The summed E-state index contributed by atoms with van der Waals surface area (Å²) < 4.78 is 0. The number of benzene rings is 1. The molecule has 1 atom stereocenters. The fourth-order valence-electron chi connectivity index (χ4n) is 1.90. The molecule has 2 aromatic rings. The van der Waals surface area contributed by atoms with Crippen molar-refractivity contribution < 1.29 is 5.11 Å². The van der Waals surface area contributed by atoms with Crippen LogP contribution in [0.5, 0.6) is 0 Å². The van der Waals surface area contributed by atoms with E-state index in [0.29, 0.717) is 17.4 Å². The first kappa shape index (κ1) is 13.6. The zero-order chi connectivity index (χ0) is 13.1. The van der Waals surface area contributed by atoms with Gasteiger partial charge in [0.2, 0.25) is 0 Å². The summed E-state index contributed by atoms with van der Waals surface area (Å²) in [6.07, 6.45) is 0.0981. The quantitative estimate of drug-likeness (QED) is 0.853. The average molecular weight is 281 g/mol. The molecule has 18 heavy (non-hydrogen) atoms. The second-order valence-electron chi connectivity index (χ2n) is 4.75. The topological polar surface area (TPSA) is 20.2 Å². The third-order valence-electron chi connectivity index (χ3n) is 3.02. The van der Waals surface area contributed by atoms with E-state index in [4.69, 9.17) is 11.6 Å². The Kier molecular flexibility index (Phi) is 4.44. The summed E-state index contributed by atoms with van der Waals surface area (Å²) in [7, 11) is 0. The molecule has 1 unspecified atom stereocenters. The molecule has 2 rings (SSSR count). The van der Waals surface area contributed by atoms with E-state index in [2.05, 4.69) is 38.1 Å². The Labute approximate surface area is 117 Å². The van der Waals surface area contributed by atoms with E-state index in [0.717, 1.165) is 10.4 Å². The van der Waals surface area contributed by atoms with Crippen molar-refractivity contribution in [1.29, 1.82) is 0 Å². The minimum atomic E-state index is -0.512. The highest BCUT2D eigenvalue weighted by Gasteiger charge is 2.13. The van der Waals surface area contributed by atoms with Crippen LogP contribution in [0.15, 0.2) is 35.7 Å². The normalized spacial score (nSPS) is 12.9. The summed E-state index contributed by atoms with van der Waals surface area (Å²) in [5.74, 6) is 0.538. The van der Waals surface area contributed by atoms with Crippen molar-refractivity contribution in [1.82, 2.24) is 0 Å². The molecule has 0 radical (unpaired) electrons. The molecule has 0 spiro atoms. The summed E-state index contributed by atoms with van der Waals surface area (Å²) in [5, 5.41) is 12.7. The molecular weight excluding hydrogens is 264 g/mol. The lowest BCUT2D eigenvalue weighted by atomic mass is 9.99. The number of aliphatic hydroxyl groups is 1. The Morgan fingerprint density at radius 2 is 1.83 bits per heavy atom. The van der Waals surface area contributed by atoms with Crippen LogP contribution in [0.2, 0.25) is 5.02 Å². The first-order valence-corrected chi connectivity index (χ1v) is 7.33. The molecule has 0 aliphatic rings. The zero-order valence-corrected chi connectivity index (χ0v) is 12.1. The molecule has 1 nitrogen and oxygen atoms in total. The van der Waals surface area contributed by atoms with Crippen LogP contribution >= 0.6 is 22.9 Å². The van der Waals surface area contributed by atoms with Crippen molar-refractivity contribution in [2.24, 2.45) is 0 Å². The highest BCUT2D eigenvalue weighted by atomic mass is 35.5. The molecule has 0 amide bonds. The fourth-order valence-corrected chi connectivity index (χ4v) is 3.07.